The minimum atomic E-state index is -1.23. The molecule has 0 N–H and O–H groups in total. The Morgan fingerprint density at radius 3 is 2.35 bits per heavy atom. The number of esters is 1. The van der Waals surface area contributed by atoms with Gasteiger partial charge < -0.3 is 9.64 Å². The SMILES string of the molecule is CN(C(=O)COC(=O)CN1C(=O)[C@@H]2CC=CC[C@H]2C1=O)[C@]1(c2ccccc2Cl)CCCCC1=O. The van der Waals surface area contributed by atoms with Crippen LogP contribution in [0.1, 0.15) is 44.1 Å². The fourth-order valence-corrected chi connectivity index (χ4v) is 5.57. The highest BCUT2D eigenvalue weighted by molar-refractivity contribution is 6.31. The molecule has 2 fully saturated rings. The molecule has 3 atom stereocenters. The van der Waals surface area contributed by atoms with Gasteiger partial charge >= 0.3 is 5.97 Å². The quantitative estimate of drug-likeness (QED) is 0.348. The highest BCUT2D eigenvalue weighted by atomic mass is 35.5. The lowest BCUT2D eigenvalue weighted by Crippen LogP contribution is -2.55. The van der Waals surface area contributed by atoms with Gasteiger partial charge in [0.15, 0.2) is 12.4 Å². The van der Waals surface area contributed by atoms with Crippen LogP contribution in [-0.2, 0) is 34.2 Å². The number of allylic oxidation sites excluding steroid dienone is 2. The van der Waals surface area contributed by atoms with E-state index in [1.807, 2.05) is 12.2 Å². The molecule has 1 saturated carbocycles. The Hall–Kier alpha value is -3.00. The predicted octanol–water partition coefficient (Wildman–Crippen LogP) is 2.63. The second kappa shape index (κ2) is 9.70. The lowest BCUT2D eigenvalue weighted by molar-refractivity contribution is -0.160. The molecule has 4 rings (SSSR count). The highest BCUT2D eigenvalue weighted by Crippen LogP contribution is 2.42. The number of hydrogen-bond acceptors (Lipinski definition) is 6. The van der Waals surface area contributed by atoms with E-state index in [0.717, 1.165) is 17.7 Å². The van der Waals surface area contributed by atoms with Gasteiger partial charge in [0.05, 0.1) is 11.8 Å². The number of carbonyl (C=O) groups is 5. The average Bonchev–Trinajstić information content (AvgIpc) is 3.08. The Kier molecular flexibility index (Phi) is 6.89. The number of ketones is 1. The van der Waals surface area contributed by atoms with Gasteiger partial charge in [-0.05, 0) is 38.2 Å². The van der Waals surface area contributed by atoms with Crippen molar-refractivity contribution in [3.8, 4) is 0 Å². The van der Waals surface area contributed by atoms with Crippen LogP contribution in [0, 0.1) is 11.8 Å². The molecular formula is C25H27ClN2O6. The maximum absolute atomic E-state index is 13.1. The van der Waals surface area contributed by atoms with Crippen molar-refractivity contribution in [2.75, 3.05) is 20.2 Å². The van der Waals surface area contributed by atoms with Crippen LogP contribution in [0.3, 0.4) is 0 Å². The smallest absolute Gasteiger partial charge is 0.326 e. The molecule has 9 heteroatoms. The summed E-state index contributed by atoms with van der Waals surface area (Å²) in [5, 5.41) is 0.386. The summed E-state index contributed by atoms with van der Waals surface area (Å²) in [4.78, 5) is 65.9. The Morgan fingerprint density at radius 2 is 1.74 bits per heavy atom. The number of ether oxygens (including phenoxy) is 1. The fourth-order valence-electron chi connectivity index (χ4n) is 5.28. The second-order valence-corrected chi connectivity index (χ2v) is 9.41. The molecular weight excluding hydrogens is 460 g/mol. The third-order valence-corrected chi connectivity index (χ3v) is 7.49. The number of rotatable bonds is 6. The molecule has 0 radical (unpaired) electrons. The van der Waals surface area contributed by atoms with Gasteiger partial charge in [0.1, 0.15) is 12.1 Å². The minimum Gasteiger partial charge on any atom is -0.454 e. The summed E-state index contributed by atoms with van der Waals surface area (Å²) in [6.07, 6.45) is 6.89. The van der Waals surface area contributed by atoms with Gasteiger partial charge in [-0.3, -0.25) is 28.9 Å². The zero-order valence-corrected chi connectivity index (χ0v) is 19.8. The van der Waals surface area contributed by atoms with Crippen molar-refractivity contribution in [3.63, 3.8) is 0 Å². The van der Waals surface area contributed by atoms with Crippen molar-refractivity contribution in [3.05, 3.63) is 47.0 Å². The monoisotopic (exact) mass is 486 g/mol. The normalized spacial score (nSPS) is 26.4. The first-order chi connectivity index (χ1) is 16.3. The number of hydrogen-bond donors (Lipinski definition) is 0. The van der Waals surface area contributed by atoms with Crippen LogP contribution in [0.2, 0.25) is 5.02 Å². The van der Waals surface area contributed by atoms with E-state index >= 15 is 0 Å². The Labute approximate surface area is 202 Å². The molecule has 0 bridgehead atoms. The number of carbonyl (C=O) groups excluding carboxylic acids is 5. The van der Waals surface area contributed by atoms with Gasteiger partial charge in [-0.1, -0.05) is 42.0 Å². The van der Waals surface area contributed by atoms with Gasteiger partial charge in [-0.2, -0.15) is 0 Å². The summed E-state index contributed by atoms with van der Waals surface area (Å²) in [6.45, 7) is -1.14. The zero-order chi connectivity index (χ0) is 24.5. The summed E-state index contributed by atoms with van der Waals surface area (Å²) in [6, 6.07) is 6.93. The van der Waals surface area contributed by atoms with Gasteiger partial charge in [-0.15, -0.1) is 0 Å². The average molecular weight is 487 g/mol. The zero-order valence-electron chi connectivity index (χ0n) is 19.0. The molecule has 1 aromatic rings. The van der Waals surface area contributed by atoms with E-state index in [0.29, 0.717) is 36.3 Å². The molecule has 34 heavy (non-hydrogen) atoms. The molecule has 2 aliphatic carbocycles. The van der Waals surface area contributed by atoms with Crippen LogP contribution >= 0.6 is 11.6 Å². The standard InChI is InChI=1S/C25H27ClN2O6/c1-27(25(13-7-6-12-20(25)29)18-10-4-5-11-19(18)26)21(30)15-34-22(31)14-28-23(32)16-8-2-3-9-17(16)24(28)33/h2-5,10-11,16-17H,6-9,12-15H2,1H3/t16-,17-,25+/m1/s1. The topological polar surface area (TPSA) is 101 Å². The van der Waals surface area contributed by atoms with Crippen molar-refractivity contribution in [1.29, 1.82) is 0 Å². The number of Topliss-reactive ketones (excluding diaryl/α,β-unsaturated/α-hetero) is 1. The van der Waals surface area contributed by atoms with Crippen LogP contribution in [0.25, 0.3) is 0 Å². The Bertz CT molecular complexity index is 1040. The minimum absolute atomic E-state index is 0.112. The Morgan fingerprint density at radius 1 is 1.09 bits per heavy atom. The molecule has 1 heterocycles. The van der Waals surface area contributed by atoms with Crippen LogP contribution in [0.4, 0.5) is 0 Å². The predicted molar refractivity (Wildman–Crippen MR) is 122 cm³/mol. The first kappa shape index (κ1) is 24.1. The second-order valence-electron chi connectivity index (χ2n) is 9.00. The lowest BCUT2D eigenvalue weighted by atomic mass is 9.74. The summed E-state index contributed by atoms with van der Waals surface area (Å²) in [5.41, 5.74) is -0.683. The van der Waals surface area contributed by atoms with E-state index in [9.17, 15) is 24.0 Å². The number of fused-ring (bicyclic) bond motifs is 1. The third kappa shape index (κ3) is 4.15. The molecule has 0 unspecified atom stereocenters. The van der Waals surface area contributed by atoms with Crippen molar-refractivity contribution in [1.82, 2.24) is 9.80 Å². The lowest BCUT2D eigenvalue weighted by Gasteiger charge is -2.43. The van der Waals surface area contributed by atoms with Crippen molar-refractivity contribution in [2.24, 2.45) is 11.8 Å². The van der Waals surface area contributed by atoms with Gasteiger partial charge in [-0.25, -0.2) is 0 Å². The fraction of sp³-hybridized carbons (Fsp3) is 0.480. The largest absolute Gasteiger partial charge is 0.454 e. The molecule has 3 amide bonds. The van der Waals surface area contributed by atoms with Crippen molar-refractivity contribution < 1.29 is 28.7 Å². The molecule has 180 valence electrons. The van der Waals surface area contributed by atoms with Crippen LogP contribution in [-0.4, -0.2) is 59.5 Å². The summed E-state index contributed by atoms with van der Waals surface area (Å²) >= 11 is 6.41. The molecule has 1 aliphatic heterocycles. The first-order valence-electron chi connectivity index (χ1n) is 11.5. The van der Waals surface area contributed by atoms with Gasteiger partial charge in [0.25, 0.3) is 5.91 Å². The van der Waals surface area contributed by atoms with E-state index in [4.69, 9.17) is 16.3 Å². The molecule has 8 nitrogen and oxygen atoms in total. The van der Waals surface area contributed by atoms with E-state index in [1.54, 1.807) is 24.3 Å². The number of halogens is 1. The summed E-state index contributed by atoms with van der Waals surface area (Å²) in [5.74, 6) is -3.18. The number of amides is 3. The van der Waals surface area contributed by atoms with Gasteiger partial charge in [0.2, 0.25) is 11.8 Å². The number of likely N-dealkylation sites (tertiary alicyclic amines) is 1. The van der Waals surface area contributed by atoms with Gasteiger partial charge in [0, 0.05) is 24.1 Å². The Balaban J connectivity index is 1.43. The van der Waals surface area contributed by atoms with Crippen LogP contribution < -0.4 is 0 Å². The molecule has 0 aromatic heterocycles. The van der Waals surface area contributed by atoms with E-state index < -0.39 is 42.4 Å². The number of likely N-dealkylation sites (N-methyl/N-ethyl adjacent to an activating group) is 1. The summed E-state index contributed by atoms with van der Waals surface area (Å²) < 4.78 is 5.14. The molecule has 3 aliphatic rings. The van der Waals surface area contributed by atoms with Crippen molar-refractivity contribution in [2.45, 2.75) is 44.1 Å². The van der Waals surface area contributed by atoms with Crippen LogP contribution in [0.5, 0.6) is 0 Å². The summed E-state index contributed by atoms with van der Waals surface area (Å²) in [7, 11) is 1.51. The highest BCUT2D eigenvalue weighted by Gasteiger charge is 2.49. The molecule has 1 saturated heterocycles. The molecule has 0 spiro atoms. The molecule has 1 aromatic carbocycles. The number of imide groups is 1. The number of nitrogens with zero attached hydrogens (tertiary/aromatic N) is 2. The maximum atomic E-state index is 13.1. The van der Waals surface area contributed by atoms with E-state index in [2.05, 4.69) is 0 Å². The van der Waals surface area contributed by atoms with E-state index in [-0.39, 0.29) is 17.6 Å². The maximum Gasteiger partial charge on any atom is 0.326 e. The third-order valence-electron chi connectivity index (χ3n) is 7.16. The first-order valence-corrected chi connectivity index (χ1v) is 11.9. The number of benzene rings is 1. The van der Waals surface area contributed by atoms with Crippen LogP contribution in [0.15, 0.2) is 36.4 Å². The van der Waals surface area contributed by atoms with E-state index in [1.165, 1.54) is 11.9 Å². The van der Waals surface area contributed by atoms with Crippen molar-refractivity contribution >= 4 is 41.1 Å².